The smallest absolute Gasteiger partial charge is 0.216 e. The molecule has 130 valence electrons. The molecule has 0 aliphatic rings. The van der Waals surface area contributed by atoms with Crippen LogP contribution in [0.25, 0.3) is 0 Å². The van der Waals surface area contributed by atoms with Gasteiger partial charge in [0, 0.05) is 33.1 Å². The molecule has 0 aromatic heterocycles. The summed E-state index contributed by atoms with van der Waals surface area (Å²) in [6, 6.07) is 4.82. The van der Waals surface area contributed by atoms with Crippen molar-refractivity contribution in [2.45, 2.75) is 27.2 Å². The maximum Gasteiger partial charge on any atom is 0.216 e. The number of amides is 1. The molecule has 0 atom stereocenters. The molecule has 0 unspecified atom stereocenters. The van der Waals surface area contributed by atoms with E-state index >= 15 is 0 Å². The van der Waals surface area contributed by atoms with Gasteiger partial charge >= 0.3 is 0 Å². The summed E-state index contributed by atoms with van der Waals surface area (Å²) in [5.41, 5.74) is 2.04. The maximum absolute atomic E-state index is 13.1. The molecule has 0 radical (unpaired) electrons. The van der Waals surface area contributed by atoms with Gasteiger partial charge in [-0.3, -0.25) is 9.79 Å². The number of guanidine groups is 1. The van der Waals surface area contributed by atoms with Crippen LogP contribution in [-0.2, 0) is 11.2 Å². The molecule has 0 spiro atoms. The zero-order valence-electron chi connectivity index (χ0n) is 13.9. The number of aliphatic imine (C=N–C) groups is 1. The monoisotopic (exact) mass is 436 g/mol. The highest BCUT2D eigenvalue weighted by Crippen LogP contribution is 2.10. The van der Waals surface area contributed by atoms with Crippen molar-refractivity contribution in [3.63, 3.8) is 0 Å². The molecule has 0 saturated carbocycles. The first-order chi connectivity index (χ1) is 10.5. The second-order valence-corrected chi connectivity index (χ2v) is 4.99. The van der Waals surface area contributed by atoms with Crippen molar-refractivity contribution in [1.29, 1.82) is 0 Å². The molecule has 0 heterocycles. The Bertz CT molecular complexity index is 523. The largest absolute Gasteiger partial charge is 0.357 e. The molecule has 0 saturated heterocycles. The highest BCUT2D eigenvalue weighted by molar-refractivity contribution is 14.0. The number of aryl methyl sites for hydroxylation is 1. The Hall–Kier alpha value is -1.38. The molecular formula is C16H26FIN4O. The third kappa shape index (κ3) is 9.37. The van der Waals surface area contributed by atoms with Crippen LogP contribution < -0.4 is 16.0 Å². The number of carbonyl (C=O) groups excluding carboxylic acids is 1. The van der Waals surface area contributed by atoms with Gasteiger partial charge in [-0.15, -0.1) is 24.0 Å². The number of hydrogen-bond acceptors (Lipinski definition) is 2. The Balaban J connectivity index is 0.00000484. The van der Waals surface area contributed by atoms with Crippen LogP contribution in [0.1, 0.15) is 25.0 Å². The van der Waals surface area contributed by atoms with Crippen molar-refractivity contribution in [3.8, 4) is 0 Å². The van der Waals surface area contributed by atoms with Gasteiger partial charge in [0.15, 0.2) is 5.96 Å². The molecule has 0 aliphatic heterocycles. The lowest BCUT2D eigenvalue weighted by Crippen LogP contribution is -2.41. The SMILES string of the molecule is CCNC(=NCCc1ccc(F)cc1C)NCCNC(C)=O.I. The van der Waals surface area contributed by atoms with Gasteiger partial charge in [0.2, 0.25) is 5.91 Å². The van der Waals surface area contributed by atoms with Crippen LogP contribution in [-0.4, -0.2) is 38.0 Å². The number of halogens is 2. The van der Waals surface area contributed by atoms with E-state index in [4.69, 9.17) is 0 Å². The van der Waals surface area contributed by atoms with Crippen molar-refractivity contribution in [2.75, 3.05) is 26.2 Å². The third-order valence-electron chi connectivity index (χ3n) is 3.09. The number of carbonyl (C=O) groups is 1. The minimum atomic E-state index is -0.210. The Morgan fingerprint density at radius 3 is 2.52 bits per heavy atom. The van der Waals surface area contributed by atoms with Crippen LogP contribution in [0.15, 0.2) is 23.2 Å². The van der Waals surface area contributed by atoms with Gasteiger partial charge in [-0.05, 0) is 43.5 Å². The molecule has 7 heteroatoms. The van der Waals surface area contributed by atoms with Crippen molar-refractivity contribution in [3.05, 3.63) is 35.1 Å². The molecule has 0 bridgehead atoms. The van der Waals surface area contributed by atoms with Gasteiger partial charge in [0.05, 0.1) is 0 Å². The fraction of sp³-hybridized carbons (Fsp3) is 0.500. The predicted octanol–water partition coefficient (Wildman–Crippen LogP) is 1.99. The van der Waals surface area contributed by atoms with E-state index in [1.807, 2.05) is 13.8 Å². The third-order valence-corrected chi connectivity index (χ3v) is 3.09. The van der Waals surface area contributed by atoms with Crippen LogP contribution in [0, 0.1) is 12.7 Å². The van der Waals surface area contributed by atoms with E-state index in [1.54, 1.807) is 6.07 Å². The lowest BCUT2D eigenvalue weighted by Gasteiger charge is -2.11. The van der Waals surface area contributed by atoms with E-state index in [0.717, 1.165) is 24.1 Å². The van der Waals surface area contributed by atoms with Crippen molar-refractivity contribution < 1.29 is 9.18 Å². The fourth-order valence-electron chi connectivity index (χ4n) is 1.99. The Morgan fingerprint density at radius 1 is 1.22 bits per heavy atom. The van der Waals surface area contributed by atoms with Gasteiger partial charge in [-0.2, -0.15) is 0 Å². The second kappa shape index (κ2) is 12.1. The van der Waals surface area contributed by atoms with Crippen molar-refractivity contribution in [1.82, 2.24) is 16.0 Å². The van der Waals surface area contributed by atoms with Gasteiger partial charge in [-0.1, -0.05) is 6.07 Å². The van der Waals surface area contributed by atoms with E-state index in [9.17, 15) is 9.18 Å². The number of nitrogens with one attached hydrogen (secondary N) is 3. The van der Waals surface area contributed by atoms with Gasteiger partial charge in [0.25, 0.3) is 0 Å². The van der Waals surface area contributed by atoms with E-state index in [-0.39, 0.29) is 35.7 Å². The first kappa shape index (κ1) is 21.6. The highest BCUT2D eigenvalue weighted by Gasteiger charge is 2.01. The zero-order valence-corrected chi connectivity index (χ0v) is 16.2. The number of benzene rings is 1. The molecule has 1 rings (SSSR count). The lowest BCUT2D eigenvalue weighted by atomic mass is 10.1. The van der Waals surface area contributed by atoms with E-state index in [0.29, 0.717) is 25.6 Å². The molecule has 0 aliphatic carbocycles. The molecule has 1 aromatic rings. The van der Waals surface area contributed by atoms with Gasteiger partial charge in [0.1, 0.15) is 5.82 Å². The highest BCUT2D eigenvalue weighted by atomic mass is 127. The number of rotatable bonds is 7. The minimum absolute atomic E-state index is 0. The molecular weight excluding hydrogens is 410 g/mol. The number of hydrogen-bond donors (Lipinski definition) is 3. The maximum atomic E-state index is 13.1. The Labute approximate surface area is 154 Å². The summed E-state index contributed by atoms with van der Waals surface area (Å²) >= 11 is 0. The topological polar surface area (TPSA) is 65.5 Å². The van der Waals surface area contributed by atoms with Crippen LogP contribution in [0.4, 0.5) is 4.39 Å². The summed E-state index contributed by atoms with van der Waals surface area (Å²) in [7, 11) is 0. The van der Waals surface area contributed by atoms with E-state index in [1.165, 1.54) is 19.1 Å². The average Bonchev–Trinajstić information content (AvgIpc) is 2.45. The molecule has 23 heavy (non-hydrogen) atoms. The quantitative estimate of drug-likeness (QED) is 0.265. The minimum Gasteiger partial charge on any atom is -0.357 e. The first-order valence-corrected chi connectivity index (χ1v) is 7.54. The molecule has 5 nitrogen and oxygen atoms in total. The normalized spacial score (nSPS) is 10.7. The summed E-state index contributed by atoms with van der Waals surface area (Å²) in [5, 5.41) is 9.02. The Kier molecular flexibility index (Phi) is 11.4. The second-order valence-electron chi connectivity index (χ2n) is 4.99. The summed E-state index contributed by atoms with van der Waals surface area (Å²) in [4.78, 5) is 15.3. The van der Waals surface area contributed by atoms with Crippen molar-refractivity contribution in [2.24, 2.45) is 4.99 Å². The average molecular weight is 436 g/mol. The van der Waals surface area contributed by atoms with Gasteiger partial charge in [-0.25, -0.2) is 4.39 Å². The predicted molar refractivity (Wildman–Crippen MR) is 103 cm³/mol. The summed E-state index contributed by atoms with van der Waals surface area (Å²) in [6.45, 7) is 7.93. The van der Waals surface area contributed by atoms with Crippen LogP contribution in [0.2, 0.25) is 0 Å². The lowest BCUT2D eigenvalue weighted by molar-refractivity contribution is -0.118. The van der Waals surface area contributed by atoms with Crippen LogP contribution >= 0.6 is 24.0 Å². The van der Waals surface area contributed by atoms with Crippen LogP contribution in [0.5, 0.6) is 0 Å². The molecule has 1 aromatic carbocycles. The standard InChI is InChI=1S/C16H25FN4O.HI/c1-4-18-16(21-10-9-19-13(3)22)20-8-7-14-5-6-15(17)11-12(14)2;/h5-6,11H,4,7-10H2,1-3H3,(H,19,22)(H2,18,20,21);1H. The van der Waals surface area contributed by atoms with Crippen molar-refractivity contribution >= 4 is 35.8 Å². The Morgan fingerprint density at radius 2 is 1.91 bits per heavy atom. The summed E-state index contributed by atoms with van der Waals surface area (Å²) in [5.74, 6) is 0.459. The van der Waals surface area contributed by atoms with E-state index in [2.05, 4.69) is 20.9 Å². The zero-order chi connectivity index (χ0) is 16.4. The number of nitrogens with zero attached hydrogens (tertiary/aromatic N) is 1. The summed E-state index contributed by atoms with van der Waals surface area (Å²) < 4.78 is 13.1. The van der Waals surface area contributed by atoms with Crippen LogP contribution in [0.3, 0.4) is 0 Å². The molecule has 3 N–H and O–H groups in total. The van der Waals surface area contributed by atoms with E-state index < -0.39 is 0 Å². The first-order valence-electron chi connectivity index (χ1n) is 7.54. The van der Waals surface area contributed by atoms with Gasteiger partial charge < -0.3 is 16.0 Å². The fourth-order valence-corrected chi connectivity index (χ4v) is 1.99. The molecule has 1 amide bonds. The summed E-state index contributed by atoms with van der Waals surface area (Å²) in [6.07, 6.45) is 0.758. The molecule has 0 fully saturated rings.